The van der Waals surface area contributed by atoms with Crippen molar-refractivity contribution in [1.82, 2.24) is 30.7 Å². The maximum absolute atomic E-state index is 4.75. The molecule has 3 heterocycles. The van der Waals surface area contributed by atoms with Crippen LogP contribution in [0, 0.1) is 0 Å². The highest BCUT2D eigenvalue weighted by Gasteiger charge is 2.15. The van der Waals surface area contributed by atoms with Crippen molar-refractivity contribution < 1.29 is 0 Å². The van der Waals surface area contributed by atoms with E-state index in [0.29, 0.717) is 5.82 Å². The third-order valence-corrected chi connectivity index (χ3v) is 4.86. The van der Waals surface area contributed by atoms with Gasteiger partial charge in [-0.3, -0.25) is 5.10 Å². The van der Waals surface area contributed by atoms with Crippen molar-refractivity contribution >= 4 is 16.7 Å². The first-order chi connectivity index (χ1) is 13.4. The standard InChI is InChI=1S/C20H19N7/c1-2-4-14(5-3-1)19-16-12-15(6-7-17(16)24-25-19)20-23-18(13-22-26-20)27-10-8-21-9-11-27/h1-7,12-13,21H,8-11H2,(H,24,25). The molecule has 1 aliphatic rings. The van der Waals surface area contributed by atoms with Gasteiger partial charge in [0.2, 0.25) is 0 Å². The summed E-state index contributed by atoms with van der Waals surface area (Å²) in [6.07, 6.45) is 1.74. The van der Waals surface area contributed by atoms with Crippen molar-refractivity contribution in [1.29, 1.82) is 0 Å². The third-order valence-electron chi connectivity index (χ3n) is 4.86. The lowest BCUT2D eigenvalue weighted by atomic mass is 10.1. The molecule has 7 nitrogen and oxygen atoms in total. The number of anilines is 1. The van der Waals surface area contributed by atoms with Crippen molar-refractivity contribution in [3.8, 4) is 22.6 Å². The molecule has 7 heteroatoms. The lowest BCUT2D eigenvalue weighted by molar-refractivity contribution is 0.583. The Morgan fingerprint density at radius 2 is 1.78 bits per heavy atom. The van der Waals surface area contributed by atoms with E-state index in [4.69, 9.17) is 4.98 Å². The monoisotopic (exact) mass is 357 g/mol. The summed E-state index contributed by atoms with van der Waals surface area (Å²) in [7, 11) is 0. The molecular weight excluding hydrogens is 338 g/mol. The lowest BCUT2D eigenvalue weighted by Crippen LogP contribution is -2.44. The summed E-state index contributed by atoms with van der Waals surface area (Å²) in [4.78, 5) is 6.99. The van der Waals surface area contributed by atoms with Gasteiger partial charge in [0, 0.05) is 42.7 Å². The molecule has 2 aromatic heterocycles. The Labute approximate surface area is 156 Å². The largest absolute Gasteiger partial charge is 0.353 e. The quantitative estimate of drug-likeness (QED) is 0.586. The molecule has 0 bridgehead atoms. The molecule has 0 aliphatic carbocycles. The number of H-pyrrole nitrogens is 1. The topological polar surface area (TPSA) is 82.6 Å². The fraction of sp³-hybridized carbons (Fsp3) is 0.200. The lowest BCUT2D eigenvalue weighted by Gasteiger charge is -2.28. The average molecular weight is 357 g/mol. The molecule has 134 valence electrons. The molecule has 0 unspecified atom stereocenters. The van der Waals surface area contributed by atoms with Crippen LogP contribution in [0.4, 0.5) is 5.82 Å². The van der Waals surface area contributed by atoms with E-state index < -0.39 is 0 Å². The normalized spacial score (nSPS) is 14.6. The number of hydrogen-bond donors (Lipinski definition) is 2. The number of nitrogens with zero attached hydrogens (tertiary/aromatic N) is 5. The van der Waals surface area contributed by atoms with Gasteiger partial charge in [0.15, 0.2) is 11.6 Å². The highest BCUT2D eigenvalue weighted by atomic mass is 15.3. The summed E-state index contributed by atoms with van der Waals surface area (Å²) < 4.78 is 0. The van der Waals surface area contributed by atoms with Gasteiger partial charge in [-0.15, -0.1) is 5.10 Å². The molecule has 4 aromatic rings. The van der Waals surface area contributed by atoms with E-state index in [1.54, 1.807) is 6.20 Å². The van der Waals surface area contributed by atoms with E-state index in [9.17, 15) is 0 Å². The predicted octanol–water partition coefficient (Wildman–Crippen LogP) is 2.49. The first-order valence-electron chi connectivity index (χ1n) is 9.08. The second-order valence-corrected chi connectivity index (χ2v) is 6.57. The van der Waals surface area contributed by atoms with E-state index >= 15 is 0 Å². The second kappa shape index (κ2) is 6.77. The minimum Gasteiger partial charge on any atom is -0.353 e. The maximum atomic E-state index is 4.75. The van der Waals surface area contributed by atoms with E-state index in [2.05, 4.69) is 48.8 Å². The summed E-state index contributed by atoms with van der Waals surface area (Å²) in [5.74, 6) is 1.50. The van der Waals surface area contributed by atoms with Gasteiger partial charge in [-0.1, -0.05) is 30.3 Å². The van der Waals surface area contributed by atoms with Crippen LogP contribution in [0.2, 0.25) is 0 Å². The van der Waals surface area contributed by atoms with Crippen LogP contribution in [0.5, 0.6) is 0 Å². The number of rotatable bonds is 3. The molecule has 0 atom stereocenters. The summed E-state index contributed by atoms with van der Waals surface area (Å²) in [5.41, 5.74) is 3.93. The predicted molar refractivity (Wildman–Crippen MR) is 105 cm³/mol. The first-order valence-corrected chi connectivity index (χ1v) is 9.08. The summed E-state index contributed by atoms with van der Waals surface area (Å²) in [6.45, 7) is 3.77. The number of nitrogens with one attached hydrogen (secondary N) is 2. The van der Waals surface area contributed by atoms with Crippen LogP contribution in [-0.4, -0.2) is 51.6 Å². The van der Waals surface area contributed by atoms with Crippen molar-refractivity contribution in [3.05, 3.63) is 54.7 Å². The molecule has 2 N–H and O–H groups in total. The highest BCUT2D eigenvalue weighted by molar-refractivity contribution is 5.95. The van der Waals surface area contributed by atoms with Crippen LogP contribution in [0.1, 0.15) is 0 Å². The van der Waals surface area contributed by atoms with Crippen LogP contribution in [-0.2, 0) is 0 Å². The van der Waals surface area contributed by atoms with E-state index in [1.807, 2.05) is 30.3 Å². The molecule has 5 rings (SSSR count). The van der Waals surface area contributed by atoms with Gasteiger partial charge in [0.25, 0.3) is 0 Å². The molecule has 1 aliphatic heterocycles. The summed E-state index contributed by atoms with van der Waals surface area (Å²) >= 11 is 0. The first kappa shape index (κ1) is 15.9. The summed E-state index contributed by atoms with van der Waals surface area (Å²) in [6, 6.07) is 16.3. The van der Waals surface area contributed by atoms with Gasteiger partial charge in [0.1, 0.15) is 0 Å². The van der Waals surface area contributed by atoms with Crippen molar-refractivity contribution in [3.63, 3.8) is 0 Å². The molecule has 0 saturated carbocycles. The molecule has 1 saturated heterocycles. The Morgan fingerprint density at radius 3 is 2.63 bits per heavy atom. The minimum atomic E-state index is 0.633. The molecule has 27 heavy (non-hydrogen) atoms. The van der Waals surface area contributed by atoms with Gasteiger partial charge < -0.3 is 10.2 Å². The molecule has 1 fully saturated rings. The van der Waals surface area contributed by atoms with Gasteiger partial charge in [-0.05, 0) is 18.2 Å². The number of piperazine rings is 1. The van der Waals surface area contributed by atoms with Crippen LogP contribution in [0.25, 0.3) is 33.5 Å². The Hall–Kier alpha value is -3.32. The zero-order valence-corrected chi connectivity index (χ0v) is 14.8. The van der Waals surface area contributed by atoms with Crippen LogP contribution in [0.15, 0.2) is 54.7 Å². The van der Waals surface area contributed by atoms with E-state index in [-0.39, 0.29) is 0 Å². The molecule has 2 aromatic carbocycles. The minimum absolute atomic E-state index is 0.633. The number of fused-ring (bicyclic) bond motifs is 1. The van der Waals surface area contributed by atoms with Crippen molar-refractivity contribution in [2.75, 3.05) is 31.1 Å². The van der Waals surface area contributed by atoms with Crippen LogP contribution >= 0.6 is 0 Å². The number of aromatic amines is 1. The third kappa shape index (κ3) is 3.02. The SMILES string of the molecule is c1ccc(-c2n[nH]c3ccc(-c4nncc(N5CCNCC5)n4)cc23)cc1. The van der Waals surface area contributed by atoms with Crippen molar-refractivity contribution in [2.45, 2.75) is 0 Å². The zero-order chi connectivity index (χ0) is 18.1. The van der Waals surface area contributed by atoms with Crippen LogP contribution in [0.3, 0.4) is 0 Å². The van der Waals surface area contributed by atoms with Gasteiger partial charge in [0.05, 0.1) is 17.4 Å². The Morgan fingerprint density at radius 1 is 0.926 bits per heavy atom. The molecular formula is C20H19N7. The Bertz CT molecular complexity index is 1070. The maximum Gasteiger partial charge on any atom is 0.183 e. The number of aromatic nitrogens is 5. The van der Waals surface area contributed by atoms with E-state index in [0.717, 1.165) is 59.7 Å². The fourth-order valence-electron chi connectivity index (χ4n) is 3.43. The molecule has 0 radical (unpaired) electrons. The van der Waals surface area contributed by atoms with E-state index in [1.165, 1.54) is 0 Å². The van der Waals surface area contributed by atoms with Gasteiger partial charge in [-0.25, -0.2) is 4.98 Å². The summed E-state index contributed by atoms with van der Waals surface area (Å²) in [5, 5.41) is 20.5. The van der Waals surface area contributed by atoms with Crippen molar-refractivity contribution in [2.24, 2.45) is 0 Å². The number of benzene rings is 2. The average Bonchev–Trinajstić information content (AvgIpc) is 3.18. The van der Waals surface area contributed by atoms with Crippen LogP contribution < -0.4 is 10.2 Å². The second-order valence-electron chi connectivity index (χ2n) is 6.57. The smallest absolute Gasteiger partial charge is 0.183 e. The highest BCUT2D eigenvalue weighted by Crippen LogP contribution is 2.29. The number of hydrogen-bond acceptors (Lipinski definition) is 6. The van der Waals surface area contributed by atoms with Gasteiger partial charge >= 0.3 is 0 Å². The zero-order valence-electron chi connectivity index (χ0n) is 14.8. The molecule has 0 amide bonds. The fourth-order valence-corrected chi connectivity index (χ4v) is 3.43. The Kier molecular flexibility index (Phi) is 3.99. The molecule has 0 spiro atoms. The Balaban J connectivity index is 1.55. The van der Waals surface area contributed by atoms with Gasteiger partial charge in [-0.2, -0.15) is 10.2 Å².